The molecule has 92 valence electrons. The van der Waals surface area contributed by atoms with Crippen LogP contribution in [-0.2, 0) is 4.79 Å². The number of rotatable bonds is 3. The molecule has 0 saturated heterocycles. The molecule has 0 aliphatic rings. The van der Waals surface area contributed by atoms with Gasteiger partial charge in [-0.05, 0) is 52.3 Å². The zero-order valence-corrected chi connectivity index (χ0v) is 11.5. The first kappa shape index (κ1) is 12.9. The van der Waals surface area contributed by atoms with Crippen molar-refractivity contribution in [3.8, 4) is 0 Å². The van der Waals surface area contributed by atoms with Gasteiger partial charge in [-0.2, -0.15) is 0 Å². The quantitative estimate of drug-likeness (QED) is 0.852. The monoisotopic (exact) mass is 325 g/mol. The Bertz CT molecular complexity index is 592. The molecule has 1 aromatic carbocycles. The van der Waals surface area contributed by atoms with Gasteiger partial charge in [-0.1, -0.05) is 17.7 Å². The summed E-state index contributed by atoms with van der Waals surface area (Å²) in [4.78, 5) is 11.6. The molecule has 2 rings (SSSR count). The molecule has 0 aliphatic heterocycles. The van der Waals surface area contributed by atoms with Gasteiger partial charge in [0.15, 0.2) is 4.67 Å². The fourth-order valence-corrected chi connectivity index (χ4v) is 1.84. The van der Waals surface area contributed by atoms with Crippen LogP contribution in [0.15, 0.2) is 51.6 Å². The van der Waals surface area contributed by atoms with Crippen molar-refractivity contribution in [1.82, 2.24) is 0 Å². The number of nitrogens with one attached hydrogen (secondary N) is 1. The van der Waals surface area contributed by atoms with Crippen LogP contribution in [0.25, 0.3) is 6.08 Å². The van der Waals surface area contributed by atoms with Gasteiger partial charge in [-0.3, -0.25) is 4.79 Å². The minimum Gasteiger partial charge on any atom is -0.450 e. The molecule has 3 nitrogen and oxygen atoms in total. The molecule has 0 bridgehead atoms. The highest BCUT2D eigenvalue weighted by Crippen LogP contribution is 2.16. The van der Waals surface area contributed by atoms with Gasteiger partial charge in [-0.25, -0.2) is 0 Å². The minimum absolute atomic E-state index is 0.246. The number of halogens is 2. The van der Waals surface area contributed by atoms with E-state index in [2.05, 4.69) is 21.2 Å². The van der Waals surface area contributed by atoms with E-state index in [9.17, 15) is 4.79 Å². The van der Waals surface area contributed by atoms with Gasteiger partial charge in [0, 0.05) is 16.8 Å². The number of carbonyl (C=O) groups is 1. The van der Waals surface area contributed by atoms with E-state index in [4.69, 9.17) is 16.0 Å². The molecule has 0 unspecified atom stereocenters. The second-order valence-corrected chi connectivity index (χ2v) is 4.69. The molecule has 18 heavy (non-hydrogen) atoms. The van der Waals surface area contributed by atoms with Crippen LogP contribution in [0.4, 0.5) is 5.69 Å². The average molecular weight is 327 g/mol. The smallest absolute Gasteiger partial charge is 0.248 e. The molecule has 0 fully saturated rings. The molecule has 0 aliphatic carbocycles. The van der Waals surface area contributed by atoms with E-state index in [1.54, 1.807) is 42.5 Å². The minimum atomic E-state index is -0.246. The first-order valence-corrected chi connectivity index (χ1v) is 6.30. The summed E-state index contributed by atoms with van der Waals surface area (Å²) in [6, 6.07) is 10.5. The Morgan fingerprint density at radius 1 is 1.33 bits per heavy atom. The van der Waals surface area contributed by atoms with Crippen LogP contribution in [0, 0.1) is 0 Å². The molecule has 0 spiro atoms. The third-order valence-electron chi connectivity index (χ3n) is 2.09. The highest BCUT2D eigenvalue weighted by Gasteiger charge is 1.99. The summed E-state index contributed by atoms with van der Waals surface area (Å²) in [5, 5.41) is 3.27. The Hall–Kier alpha value is -1.52. The van der Waals surface area contributed by atoms with E-state index >= 15 is 0 Å². The van der Waals surface area contributed by atoms with Gasteiger partial charge in [-0.15, -0.1) is 0 Å². The van der Waals surface area contributed by atoms with Gasteiger partial charge in [0.1, 0.15) is 5.76 Å². The summed E-state index contributed by atoms with van der Waals surface area (Å²) in [7, 11) is 0. The Balaban J connectivity index is 1.98. The molecule has 0 saturated carbocycles. The van der Waals surface area contributed by atoms with Gasteiger partial charge in [0.05, 0.1) is 0 Å². The summed E-state index contributed by atoms with van der Waals surface area (Å²) in [6.45, 7) is 0. The van der Waals surface area contributed by atoms with Gasteiger partial charge in [0.2, 0.25) is 5.91 Å². The Labute approximate surface area is 118 Å². The lowest BCUT2D eigenvalue weighted by molar-refractivity contribution is -0.111. The highest BCUT2D eigenvalue weighted by molar-refractivity contribution is 9.10. The van der Waals surface area contributed by atoms with Crippen LogP contribution in [0.5, 0.6) is 0 Å². The molecular formula is C13H9BrClNO2. The lowest BCUT2D eigenvalue weighted by Crippen LogP contribution is -2.07. The normalized spacial score (nSPS) is 10.8. The van der Waals surface area contributed by atoms with Crippen LogP contribution in [0.2, 0.25) is 5.02 Å². The van der Waals surface area contributed by atoms with Gasteiger partial charge < -0.3 is 9.73 Å². The molecule has 1 heterocycles. The van der Waals surface area contributed by atoms with Crippen LogP contribution in [0.3, 0.4) is 0 Å². The van der Waals surface area contributed by atoms with E-state index in [-0.39, 0.29) is 5.91 Å². The number of hydrogen-bond donors (Lipinski definition) is 1. The summed E-state index contributed by atoms with van der Waals surface area (Å²) >= 11 is 9.00. The number of furan rings is 1. The maximum absolute atomic E-state index is 11.6. The van der Waals surface area contributed by atoms with Crippen molar-refractivity contribution in [3.05, 3.63) is 57.9 Å². The summed E-state index contributed by atoms with van der Waals surface area (Å²) < 4.78 is 5.85. The Morgan fingerprint density at radius 2 is 2.17 bits per heavy atom. The van der Waals surface area contributed by atoms with Crippen molar-refractivity contribution in [1.29, 1.82) is 0 Å². The molecule has 1 N–H and O–H groups in total. The topological polar surface area (TPSA) is 42.2 Å². The highest BCUT2D eigenvalue weighted by atomic mass is 79.9. The largest absolute Gasteiger partial charge is 0.450 e. The van der Waals surface area contributed by atoms with E-state index in [1.807, 2.05) is 0 Å². The average Bonchev–Trinajstić information content (AvgIpc) is 2.73. The molecule has 0 atom stereocenters. The number of benzene rings is 1. The second-order valence-electron chi connectivity index (χ2n) is 3.47. The maximum atomic E-state index is 11.6. The third kappa shape index (κ3) is 3.75. The number of carbonyl (C=O) groups excluding carboxylic acids is 1. The van der Waals surface area contributed by atoms with Crippen molar-refractivity contribution in [2.45, 2.75) is 0 Å². The first-order valence-electron chi connectivity index (χ1n) is 5.13. The Morgan fingerprint density at radius 3 is 2.83 bits per heavy atom. The van der Waals surface area contributed by atoms with Crippen LogP contribution >= 0.6 is 27.5 Å². The van der Waals surface area contributed by atoms with Crippen molar-refractivity contribution in [3.63, 3.8) is 0 Å². The zero-order valence-electron chi connectivity index (χ0n) is 9.19. The van der Waals surface area contributed by atoms with Gasteiger partial charge in [0.25, 0.3) is 0 Å². The molecule has 0 radical (unpaired) electrons. The van der Waals surface area contributed by atoms with Crippen LogP contribution < -0.4 is 5.32 Å². The fourth-order valence-electron chi connectivity index (χ4n) is 1.33. The molecule has 5 heteroatoms. The lowest BCUT2D eigenvalue weighted by atomic mass is 10.3. The standard InChI is InChI=1S/C13H9BrClNO2/c14-12-6-4-11(18-12)5-7-13(17)16-10-3-1-2-9(15)8-10/h1-8H,(H,16,17)/b7-5+. The van der Waals surface area contributed by atoms with E-state index in [0.29, 0.717) is 21.1 Å². The van der Waals surface area contributed by atoms with Crippen LogP contribution in [-0.4, -0.2) is 5.91 Å². The summed E-state index contributed by atoms with van der Waals surface area (Å²) in [6.07, 6.45) is 2.98. The molecular weight excluding hydrogens is 318 g/mol. The number of anilines is 1. The van der Waals surface area contributed by atoms with Gasteiger partial charge >= 0.3 is 0 Å². The molecule has 1 aromatic heterocycles. The van der Waals surface area contributed by atoms with Crippen molar-refractivity contribution in [2.24, 2.45) is 0 Å². The van der Waals surface area contributed by atoms with E-state index in [0.717, 1.165) is 0 Å². The van der Waals surface area contributed by atoms with Crippen LogP contribution in [0.1, 0.15) is 5.76 Å². The van der Waals surface area contributed by atoms with Crippen molar-refractivity contribution in [2.75, 3.05) is 5.32 Å². The Kier molecular flexibility index (Phi) is 4.23. The van der Waals surface area contributed by atoms with Crippen molar-refractivity contribution < 1.29 is 9.21 Å². The molecule has 2 aromatic rings. The SMILES string of the molecule is O=C(/C=C/c1ccc(Br)o1)Nc1cccc(Cl)c1. The van der Waals surface area contributed by atoms with E-state index < -0.39 is 0 Å². The fraction of sp³-hybridized carbons (Fsp3) is 0. The van der Waals surface area contributed by atoms with Crippen molar-refractivity contribution >= 4 is 45.2 Å². The maximum Gasteiger partial charge on any atom is 0.248 e. The van der Waals surface area contributed by atoms with E-state index in [1.165, 1.54) is 6.08 Å². The predicted molar refractivity (Wildman–Crippen MR) is 75.5 cm³/mol. The lowest BCUT2D eigenvalue weighted by Gasteiger charge is -2.01. The summed E-state index contributed by atoms with van der Waals surface area (Å²) in [5.41, 5.74) is 0.651. The number of hydrogen-bond acceptors (Lipinski definition) is 2. The number of amides is 1. The molecule has 1 amide bonds. The first-order chi connectivity index (χ1) is 8.63. The second kappa shape index (κ2) is 5.89. The third-order valence-corrected chi connectivity index (χ3v) is 2.75. The predicted octanol–water partition coefficient (Wildman–Crippen LogP) is 4.35. The zero-order chi connectivity index (χ0) is 13.0. The summed E-state index contributed by atoms with van der Waals surface area (Å²) in [5.74, 6) is 0.355.